The highest BCUT2D eigenvalue weighted by atomic mass is 35.7. The summed E-state index contributed by atoms with van der Waals surface area (Å²) in [6.07, 6.45) is 1.66. The molecule has 2 rings (SSSR count). The van der Waals surface area contributed by atoms with Gasteiger partial charge in [0.2, 0.25) is 0 Å². The molecule has 0 unspecified atom stereocenters. The van der Waals surface area contributed by atoms with Crippen LogP contribution < -0.4 is 0 Å². The number of benzene rings is 1. The van der Waals surface area contributed by atoms with Crippen molar-refractivity contribution < 1.29 is 17.6 Å². The lowest BCUT2D eigenvalue weighted by molar-refractivity contribution is 0.0692. The fraction of sp³-hybridized carbons (Fsp3) is 0.462. The molecular weight excluding hydrogens is 340 g/mol. The van der Waals surface area contributed by atoms with Gasteiger partial charge in [0.25, 0.3) is 15.0 Å². The zero-order chi connectivity index (χ0) is 15.8. The molecule has 1 saturated heterocycles. The standard InChI is InChI=1S/C13H14Cl2FNO3S/c1-8-2-4-17(5-3-8)13(18)10-6-9(14)7-11(12(10)16)21(15,19)20/h6-8H,2-5H2,1H3. The van der Waals surface area contributed by atoms with Crippen LogP contribution in [0.2, 0.25) is 5.02 Å². The zero-order valence-electron chi connectivity index (χ0n) is 11.3. The van der Waals surface area contributed by atoms with Gasteiger partial charge in [-0.3, -0.25) is 4.79 Å². The van der Waals surface area contributed by atoms with Gasteiger partial charge in [-0.15, -0.1) is 0 Å². The van der Waals surface area contributed by atoms with E-state index in [0.29, 0.717) is 19.0 Å². The molecular formula is C13H14Cl2FNO3S. The number of piperidine rings is 1. The van der Waals surface area contributed by atoms with E-state index in [1.807, 2.05) is 0 Å². The molecule has 4 nitrogen and oxygen atoms in total. The topological polar surface area (TPSA) is 54.5 Å². The van der Waals surface area contributed by atoms with Gasteiger partial charge in [-0.1, -0.05) is 18.5 Å². The third-order valence-corrected chi connectivity index (χ3v) is 5.11. The molecule has 0 bridgehead atoms. The number of halogens is 3. The lowest BCUT2D eigenvalue weighted by atomic mass is 9.98. The number of carbonyl (C=O) groups excluding carboxylic acids is 1. The third kappa shape index (κ3) is 3.67. The fourth-order valence-corrected chi connectivity index (χ4v) is 3.49. The van der Waals surface area contributed by atoms with Crippen molar-refractivity contribution in [1.82, 2.24) is 4.90 Å². The Morgan fingerprint density at radius 3 is 2.43 bits per heavy atom. The van der Waals surface area contributed by atoms with Crippen LogP contribution in [0.5, 0.6) is 0 Å². The van der Waals surface area contributed by atoms with Crippen LogP contribution in [0.4, 0.5) is 4.39 Å². The van der Waals surface area contributed by atoms with Gasteiger partial charge in [-0.2, -0.15) is 0 Å². The van der Waals surface area contributed by atoms with Gasteiger partial charge in [-0.05, 0) is 30.9 Å². The predicted molar refractivity (Wildman–Crippen MR) is 78.8 cm³/mol. The van der Waals surface area contributed by atoms with Crippen molar-refractivity contribution in [1.29, 1.82) is 0 Å². The van der Waals surface area contributed by atoms with Crippen LogP contribution in [0.3, 0.4) is 0 Å². The Morgan fingerprint density at radius 2 is 1.90 bits per heavy atom. The molecule has 1 aromatic carbocycles. The van der Waals surface area contributed by atoms with E-state index in [0.717, 1.165) is 25.0 Å². The van der Waals surface area contributed by atoms with E-state index >= 15 is 0 Å². The summed E-state index contributed by atoms with van der Waals surface area (Å²) >= 11 is 5.77. The van der Waals surface area contributed by atoms with Gasteiger partial charge >= 0.3 is 0 Å². The Labute approximate surface area is 132 Å². The minimum atomic E-state index is -4.31. The van der Waals surface area contributed by atoms with Crippen LogP contribution in [0.15, 0.2) is 17.0 Å². The SMILES string of the molecule is CC1CCN(C(=O)c2cc(Cl)cc(S(=O)(=O)Cl)c2F)CC1. The van der Waals surface area contributed by atoms with E-state index < -0.39 is 25.7 Å². The molecule has 21 heavy (non-hydrogen) atoms. The molecule has 0 aromatic heterocycles. The molecule has 8 heteroatoms. The van der Waals surface area contributed by atoms with E-state index in [-0.39, 0.29) is 10.6 Å². The van der Waals surface area contributed by atoms with Gasteiger partial charge < -0.3 is 4.90 Å². The van der Waals surface area contributed by atoms with Crippen LogP contribution in [0.1, 0.15) is 30.1 Å². The molecule has 0 N–H and O–H groups in total. The first-order chi connectivity index (χ1) is 9.70. The molecule has 1 aliphatic rings. The van der Waals surface area contributed by atoms with Gasteiger partial charge in [0.1, 0.15) is 4.90 Å². The molecule has 0 radical (unpaired) electrons. The third-order valence-electron chi connectivity index (χ3n) is 3.57. The smallest absolute Gasteiger partial charge is 0.264 e. The Kier molecular flexibility index (Phi) is 4.80. The van der Waals surface area contributed by atoms with Crippen molar-refractivity contribution in [3.8, 4) is 0 Å². The van der Waals surface area contributed by atoms with E-state index in [1.54, 1.807) is 0 Å². The number of amides is 1. The number of likely N-dealkylation sites (tertiary alicyclic amines) is 1. The second-order valence-electron chi connectivity index (χ2n) is 5.18. The van der Waals surface area contributed by atoms with Crippen LogP contribution in [0.25, 0.3) is 0 Å². The molecule has 0 aliphatic carbocycles. The summed E-state index contributed by atoms with van der Waals surface area (Å²) in [5, 5.41) is -0.0515. The highest BCUT2D eigenvalue weighted by Crippen LogP contribution is 2.28. The zero-order valence-corrected chi connectivity index (χ0v) is 13.6. The summed E-state index contributed by atoms with van der Waals surface area (Å²) in [4.78, 5) is 13.1. The summed E-state index contributed by atoms with van der Waals surface area (Å²) in [7, 11) is 0.857. The van der Waals surface area contributed by atoms with Crippen molar-refractivity contribution in [3.05, 3.63) is 28.5 Å². The quantitative estimate of drug-likeness (QED) is 0.766. The van der Waals surface area contributed by atoms with Crippen molar-refractivity contribution in [2.24, 2.45) is 5.92 Å². The molecule has 1 amide bonds. The summed E-state index contributed by atoms with van der Waals surface area (Å²) in [6.45, 7) is 3.10. The first kappa shape index (κ1) is 16.5. The molecule has 0 saturated carbocycles. The van der Waals surface area contributed by atoms with Crippen molar-refractivity contribution >= 4 is 37.2 Å². The lowest BCUT2D eigenvalue weighted by Gasteiger charge is -2.30. The maximum absolute atomic E-state index is 14.3. The van der Waals surface area contributed by atoms with E-state index in [9.17, 15) is 17.6 Å². The van der Waals surface area contributed by atoms with Crippen LogP contribution in [0, 0.1) is 11.7 Å². The van der Waals surface area contributed by atoms with E-state index in [4.69, 9.17) is 22.3 Å². The maximum atomic E-state index is 14.3. The Balaban J connectivity index is 2.40. The van der Waals surface area contributed by atoms with Gasteiger partial charge in [-0.25, -0.2) is 12.8 Å². The molecule has 0 spiro atoms. The molecule has 0 atom stereocenters. The number of hydrogen-bond donors (Lipinski definition) is 0. The highest BCUT2D eigenvalue weighted by Gasteiger charge is 2.28. The largest absolute Gasteiger partial charge is 0.339 e. The molecule has 1 fully saturated rings. The average molecular weight is 354 g/mol. The molecule has 1 aliphatic heterocycles. The number of hydrogen-bond acceptors (Lipinski definition) is 3. The summed E-state index contributed by atoms with van der Waals surface area (Å²) < 4.78 is 36.9. The summed E-state index contributed by atoms with van der Waals surface area (Å²) in [5.41, 5.74) is -0.365. The Hall–Kier alpha value is -0.850. The Morgan fingerprint density at radius 1 is 1.33 bits per heavy atom. The van der Waals surface area contributed by atoms with Gasteiger partial charge in [0.15, 0.2) is 5.82 Å². The highest BCUT2D eigenvalue weighted by molar-refractivity contribution is 8.13. The number of carbonyl (C=O) groups is 1. The molecule has 1 heterocycles. The summed E-state index contributed by atoms with van der Waals surface area (Å²) in [6, 6.07) is 2.02. The second-order valence-corrected chi connectivity index (χ2v) is 8.15. The first-order valence-corrected chi connectivity index (χ1v) is 9.12. The van der Waals surface area contributed by atoms with Crippen molar-refractivity contribution in [2.75, 3.05) is 13.1 Å². The minimum absolute atomic E-state index is 0.0515. The van der Waals surface area contributed by atoms with E-state index in [1.165, 1.54) is 4.90 Å². The fourth-order valence-electron chi connectivity index (χ4n) is 2.28. The first-order valence-electron chi connectivity index (χ1n) is 6.43. The van der Waals surface area contributed by atoms with Gasteiger partial charge in [0.05, 0.1) is 5.56 Å². The average Bonchev–Trinajstić information content (AvgIpc) is 2.40. The monoisotopic (exact) mass is 353 g/mol. The van der Waals surface area contributed by atoms with Crippen molar-refractivity contribution in [3.63, 3.8) is 0 Å². The second kappa shape index (κ2) is 6.10. The number of nitrogens with zero attached hydrogens (tertiary/aromatic N) is 1. The minimum Gasteiger partial charge on any atom is -0.339 e. The predicted octanol–water partition coefficient (Wildman–Crippen LogP) is 3.28. The molecule has 116 valence electrons. The summed E-state index contributed by atoms with van der Waals surface area (Å²) in [5.74, 6) is -1.21. The molecule has 1 aromatic rings. The van der Waals surface area contributed by atoms with Crippen LogP contribution >= 0.6 is 22.3 Å². The van der Waals surface area contributed by atoms with Crippen LogP contribution in [-0.2, 0) is 9.05 Å². The van der Waals surface area contributed by atoms with Crippen molar-refractivity contribution in [2.45, 2.75) is 24.7 Å². The number of rotatable bonds is 2. The van der Waals surface area contributed by atoms with E-state index in [2.05, 4.69) is 6.92 Å². The van der Waals surface area contributed by atoms with Gasteiger partial charge in [0, 0.05) is 28.8 Å². The van der Waals surface area contributed by atoms with Crippen LogP contribution in [-0.4, -0.2) is 32.3 Å². The Bertz CT molecular complexity index is 670. The maximum Gasteiger partial charge on any atom is 0.264 e. The lowest BCUT2D eigenvalue weighted by Crippen LogP contribution is -2.38. The normalized spacial score (nSPS) is 17.0.